The van der Waals surface area contributed by atoms with Crippen LogP contribution in [0.25, 0.3) is 11.0 Å². The van der Waals surface area contributed by atoms with E-state index in [1.54, 1.807) is 11.0 Å². The Hall–Kier alpha value is -2.28. The maximum Gasteiger partial charge on any atom is 0.289 e. The van der Waals surface area contributed by atoms with E-state index in [9.17, 15) is 14.4 Å². The van der Waals surface area contributed by atoms with Gasteiger partial charge >= 0.3 is 0 Å². The minimum atomic E-state index is -0.165. The van der Waals surface area contributed by atoms with Gasteiger partial charge in [0.05, 0.1) is 5.75 Å². The van der Waals surface area contributed by atoms with Crippen molar-refractivity contribution in [3.05, 3.63) is 36.1 Å². The van der Waals surface area contributed by atoms with Crippen molar-refractivity contribution < 1.29 is 18.8 Å². The molecule has 124 valence electrons. The summed E-state index contributed by atoms with van der Waals surface area (Å²) < 4.78 is 5.63. The minimum Gasteiger partial charge on any atom is -0.451 e. The molecule has 2 fully saturated rings. The van der Waals surface area contributed by atoms with E-state index in [1.807, 2.05) is 24.3 Å². The van der Waals surface area contributed by atoms with Gasteiger partial charge in [0.2, 0.25) is 5.91 Å². The highest BCUT2D eigenvalue weighted by Gasteiger charge is 2.38. The van der Waals surface area contributed by atoms with Crippen molar-refractivity contribution in [1.82, 2.24) is 9.80 Å². The number of imide groups is 1. The fourth-order valence-electron chi connectivity index (χ4n) is 3.29. The highest BCUT2D eigenvalue weighted by molar-refractivity contribution is 8.14. The molecule has 2 aliphatic heterocycles. The van der Waals surface area contributed by atoms with Crippen LogP contribution in [0.5, 0.6) is 0 Å². The zero-order chi connectivity index (χ0) is 16.7. The molecule has 0 unspecified atom stereocenters. The summed E-state index contributed by atoms with van der Waals surface area (Å²) in [5, 5.41) is 0.739. The molecule has 0 saturated carbocycles. The van der Waals surface area contributed by atoms with E-state index in [0.29, 0.717) is 37.3 Å². The second-order valence-corrected chi connectivity index (χ2v) is 6.92. The van der Waals surface area contributed by atoms with Crippen LogP contribution in [0.15, 0.2) is 34.7 Å². The molecule has 0 bridgehead atoms. The van der Waals surface area contributed by atoms with E-state index in [2.05, 4.69) is 0 Å². The third kappa shape index (κ3) is 2.58. The van der Waals surface area contributed by atoms with Crippen LogP contribution < -0.4 is 0 Å². The van der Waals surface area contributed by atoms with Gasteiger partial charge in [0.25, 0.3) is 11.1 Å². The van der Waals surface area contributed by atoms with Crippen molar-refractivity contribution in [3.63, 3.8) is 0 Å². The molecule has 3 heterocycles. The molecule has 1 aromatic heterocycles. The van der Waals surface area contributed by atoms with Crippen molar-refractivity contribution in [1.29, 1.82) is 0 Å². The van der Waals surface area contributed by atoms with Crippen LogP contribution in [0, 0.1) is 0 Å². The highest BCUT2D eigenvalue weighted by atomic mass is 32.2. The van der Waals surface area contributed by atoms with Gasteiger partial charge in [0.15, 0.2) is 5.76 Å². The number of para-hydroxylation sites is 1. The normalized spacial score (nSPS) is 19.5. The van der Waals surface area contributed by atoms with Crippen LogP contribution in [0.1, 0.15) is 23.4 Å². The molecule has 0 aliphatic carbocycles. The second-order valence-electron chi connectivity index (χ2n) is 5.99. The van der Waals surface area contributed by atoms with Gasteiger partial charge in [-0.25, -0.2) is 0 Å². The first kappa shape index (κ1) is 15.3. The van der Waals surface area contributed by atoms with Gasteiger partial charge in [-0.3, -0.25) is 19.3 Å². The quantitative estimate of drug-likeness (QED) is 0.838. The molecular formula is C17H16N2O4S. The number of rotatable bonds is 2. The monoisotopic (exact) mass is 344 g/mol. The number of nitrogens with zero attached hydrogens (tertiary/aromatic N) is 2. The first-order valence-corrected chi connectivity index (χ1v) is 8.89. The molecule has 6 nitrogen and oxygen atoms in total. The predicted octanol–water partition coefficient (Wildman–Crippen LogP) is 2.73. The van der Waals surface area contributed by atoms with E-state index in [1.165, 1.54) is 4.90 Å². The number of carbonyl (C=O) groups excluding carboxylic acids is 3. The molecule has 0 radical (unpaired) electrons. The van der Waals surface area contributed by atoms with E-state index in [0.717, 1.165) is 17.1 Å². The highest BCUT2D eigenvalue weighted by Crippen LogP contribution is 2.28. The standard InChI is InChI=1S/C17H16N2O4S/c20-15-10-24-17(22)19(15)12-5-7-18(8-6-12)16(21)14-9-11-3-1-2-4-13(11)23-14/h1-4,9,12H,5-8,10H2. The lowest BCUT2D eigenvalue weighted by Gasteiger charge is -2.35. The molecule has 4 rings (SSSR count). The molecule has 3 amide bonds. The van der Waals surface area contributed by atoms with Crippen molar-refractivity contribution in [3.8, 4) is 0 Å². The van der Waals surface area contributed by atoms with Gasteiger partial charge in [0, 0.05) is 24.5 Å². The van der Waals surface area contributed by atoms with E-state index in [-0.39, 0.29) is 28.8 Å². The molecular weight excluding hydrogens is 328 g/mol. The summed E-state index contributed by atoms with van der Waals surface area (Å²) in [7, 11) is 0. The third-order valence-electron chi connectivity index (χ3n) is 4.54. The van der Waals surface area contributed by atoms with Crippen LogP contribution in [-0.4, -0.2) is 51.7 Å². The maximum absolute atomic E-state index is 12.6. The first-order chi connectivity index (χ1) is 11.6. The summed E-state index contributed by atoms with van der Waals surface area (Å²) in [5.74, 6) is 0.306. The average molecular weight is 344 g/mol. The number of hydrogen-bond acceptors (Lipinski definition) is 5. The van der Waals surface area contributed by atoms with Crippen molar-refractivity contribution >= 4 is 39.8 Å². The van der Waals surface area contributed by atoms with Crippen molar-refractivity contribution in [2.45, 2.75) is 18.9 Å². The van der Waals surface area contributed by atoms with Gasteiger partial charge < -0.3 is 9.32 Å². The van der Waals surface area contributed by atoms with Gasteiger partial charge in [-0.15, -0.1) is 0 Å². The predicted molar refractivity (Wildman–Crippen MR) is 89.8 cm³/mol. The lowest BCUT2D eigenvalue weighted by molar-refractivity contribution is -0.126. The number of carbonyl (C=O) groups is 3. The number of benzene rings is 1. The molecule has 0 N–H and O–H groups in total. The summed E-state index contributed by atoms with van der Waals surface area (Å²) in [6.07, 6.45) is 1.23. The summed E-state index contributed by atoms with van der Waals surface area (Å²) in [6.45, 7) is 1.03. The summed E-state index contributed by atoms with van der Waals surface area (Å²) in [5.41, 5.74) is 0.695. The summed E-state index contributed by atoms with van der Waals surface area (Å²) in [4.78, 5) is 39.3. The van der Waals surface area contributed by atoms with Gasteiger partial charge in [0.1, 0.15) is 5.58 Å². The fourth-order valence-corrected chi connectivity index (χ4v) is 4.06. The van der Waals surface area contributed by atoms with Crippen LogP contribution >= 0.6 is 11.8 Å². The van der Waals surface area contributed by atoms with Gasteiger partial charge in [-0.1, -0.05) is 30.0 Å². The smallest absolute Gasteiger partial charge is 0.289 e. The Morgan fingerprint density at radius 1 is 1.17 bits per heavy atom. The van der Waals surface area contributed by atoms with Gasteiger partial charge in [-0.05, 0) is 25.0 Å². The molecule has 24 heavy (non-hydrogen) atoms. The topological polar surface area (TPSA) is 70.8 Å². The number of furan rings is 1. The van der Waals surface area contributed by atoms with Gasteiger partial charge in [-0.2, -0.15) is 0 Å². The lowest BCUT2D eigenvalue weighted by atomic mass is 10.0. The Bertz CT molecular complexity index is 774. The molecule has 2 aliphatic rings. The molecule has 2 saturated heterocycles. The van der Waals surface area contributed by atoms with Crippen LogP contribution in [0.3, 0.4) is 0 Å². The number of hydrogen-bond donors (Lipinski definition) is 0. The largest absolute Gasteiger partial charge is 0.451 e. The van der Waals surface area contributed by atoms with E-state index >= 15 is 0 Å². The molecule has 2 aromatic rings. The fraction of sp³-hybridized carbons (Fsp3) is 0.353. The summed E-state index contributed by atoms with van der Waals surface area (Å²) in [6, 6.07) is 9.17. The maximum atomic E-state index is 12.6. The minimum absolute atomic E-state index is 0.0975. The Kier molecular flexibility index (Phi) is 3.80. The van der Waals surface area contributed by atoms with Crippen LogP contribution in [0.4, 0.5) is 4.79 Å². The van der Waals surface area contributed by atoms with Crippen molar-refractivity contribution in [2.75, 3.05) is 18.8 Å². The molecule has 0 atom stereocenters. The third-order valence-corrected chi connectivity index (χ3v) is 5.37. The first-order valence-electron chi connectivity index (χ1n) is 7.90. The second kappa shape index (κ2) is 5.98. The van der Waals surface area contributed by atoms with Crippen LogP contribution in [-0.2, 0) is 4.79 Å². The van der Waals surface area contributed by atoms with Crippen LogP contribution in [0.2, 0.25) is 0 Å². The van der Waals surface area contributed by atoms with Crippen molar-refractivity contribution in [2.24, 2.45) is 0 Å². The number of fused-ring (bicyclic) bond motifs is 1. The average Bonchev–Trinajstić information content (AvgIpc) is 3.18. The Labute approximate surface area is 142 Å². The number of likely N-dealkylation sites (tertiary alicyclic amines) is 1. The SMILES string of the molecule is O=C(c1cc2ccccc2o1)N1CCC(N2C(=O)CSC2=O)CC1. The lowest BCUT2D eigenvalue weighted by Crippen LogP contribution is -2.48. The zero-order valence-corrected chi connectivity index (χ0v) is 13.8. The molecule has 0 spiro atoms. The number of thioether (sulfide) groups is 1. The Morgan fingerprint density at radius 2 is 1.92 bits per heavy atom. The molecule has 1 aromatic carbocycles. The van der Waals surface area contributed by atoms with E-state index in [4.69, 9.17) is 4.42 Å². The zero-order valence-electron chi connectivity index (χ0n) is 12.9. The van der Waals surface area contributed by atoms with E-state index < -0.39 is 0 Å². The number of piperidine rings is 1. The Balaban J connectivity index is 1.44. The molecule has 7 heteroatoms. The summed E-state index contributed by atoms with van der Waals surface area (Å²) >= 11 is 1.06. The Morgan fingerprint density at radius 3 is 2.58 bits per heavy atom. The number of amides is 3.